The van der Waals surface area contributed by atoms with Crippen molar-refractivity contribution in [1.29, 1.82) is 0 Å². The Morgan fingerprint density at radius 1 is 1.07 bits per heavy atom. The first-order chi connectivity index (χ1) is 13.5. The summed E-state index contributed by atoms with van der Waals surface area (Å²) in [6.07, 6.45) is 0.647. The Balaban J connectivity index is 1.50. The van der Waals surface area contributed by atoms with Gasteiger partial charge in [0.15, 0.2) is 0 Å². The second-order valence-corrected chi connectivity index (χ2v) is 9.30. The van der Waals surface area contributed by atoms with Gasteiger partial charge in [-0.05, 0) is 40.9 Å². The second-order valence-electron chi connectivity index (χ2n) is 6.61. The first-order valence-corrected chi connectivity index (χ1v) is 11.3. The molecule has 0 saturated carbocycles. The third kappa shape index (κ3) is 3.41. The van der Waals surface area contributed by atoms with E-state index in [1.54, 1.807) is 17.0 Å². The maximum Gasteiger partial charge on any atom is 0.267 e. The number of hydrogen-bond donors (Lipinski definition) is 0. The maximum atomic E-state index is 13.0. The predicted octanol–water partition coefficient (Wildman–Crippen LogP) is 2.40. The van der Waals surface area contributed by atoms with Crippen LogP contribution in [-0.4, -0.2) is 59.3 Å². The number of nitrogens with zero attached hydrogens (tertiary/aromatic N) is 4. The minimum Gasteiger partial charge on any atom is -0.335 e. The molecule has 0 unspecified atom stereocenters. The molecule has 0 aliphatic carbocycles. The molecule has 0 spiro atoms. The number of fused-ring (bicyclic) bond motifs is 1. The molecule has 28 heavy (non-hydrogen) atoms. The molecule has 1 saturated heterocycles. The highest BCUT2D eigenvalue weighted by molar-refractivity contribution is 7.89. The molecule has 0 bridgehead atoms. The van der Waals surface area contributed by atoms with E-state index in [-0.39, 0.29) is 23.9 Å². The number of aryl methyl sites for hydroxylation is 1. The molecule has 4 rings (SSSR count). The highest BCUT2D eigenvalue weighted by Crippen LogP contribution is 2.23. The molecule has 2 heterocycles. The first kappa shape index (κ1) is 19.0. The Hall–Kier alpha value is -2.36. The summed E-state index contributed by atoms with van der Waals surface area (Å²) in [4.78, 5) is 15.2. The third-order valence-electron chi connectivity index (χ3n) is 4.97. The van der Waals surface area contributed by atoms with Gasteiger partial charge in [-0.2, -0.15) is 4.31 Å². The fourth-order valence-electron chi connectivity index (χ4n) is 3.35. The Labute approximate surface area is 167 Å². The van der Waals surface area contributed by atoms with Crippen LogP contribution >= 0.6 is 11.5 Å². The van der Waals surface area contributed by atoms with Gasteiger partial charge >= 0.3 is 0 Å². The van der Waals surface area contributed by atoms with Crippen LogP contribution in [-0.2, 0) is 16.4 Å². The fourth-order valence-corrected chi connectivity index (χ4v) is 5.53. The van der Waals surface area contributed by atoms with Gasteiger partial charge in [-0.3, -0.25) is 4.79 Å². The minimum atomic E-state index is -3.60. The van der Waals surface area contributed by atoms with E-state index in [0.717, 1.165) is 22.3 Å². The third-order valence-corrected chi connectivity index (χ3v) is 7.62. The van der Waals surface area contributed by atoms with Gasteiger partial charge in [0, 0.05) is 26.2 Å². The van der Waals surface area contributed by atoms with E-state index in [1.807, 2.05) is 37.3 Å². The first-order valence-electron chi connectivity index (χ1n) is 9.10. The molecule has 7 nitrogen and oxygen atoms in total. The number of benzene rings is 2. The summed E-state index contributed by atoms with van der Waals surface area (Å²) in [5.74, 6) is -0.116. The van der Waals surface area contributed by atoms with Crippen molar-refractivity contribution in [1.82, 2.24) is 18.8 Å². The smallest absolute Gasteiger partial charge is 0.267 e. The molecule has 1 aliphatic heterocycles. The van der Waals surface area contributed by atoms with Gasteiger partial charge < -0.3 is 4.90 Å². The number of sulfonamides is 1. The van der Waals surface area contributed by atoms with Crippen molar-refractivity contribution in [3.05, 3.63) is 53.0 Å². The number of rotatable bonds is 4. The second kappa shape index (κ2) is 7.57. The Morgan fingerprint density at radius 3 is 2.50 bits per heavy atom. The SMILES string of the molecule is CCc1nnsc1C(=O)N1CCN(S(=O)(=O)c2ccc3ccccc3c2)CC1. The molecule has 1 aromatic heterocycles. The van der Waals surface area contributed by atoms with Gasteiger partial charge in [0.05, 0.1) is 10.6 Å². The molecule has 3 aromatic rings. The average molecular weight is 417 g/mol. The number of amides is 1. The van der Waals surface area contributed by atoms with E-state index < -0.39 is 10.0 Å². The van der Waals surface area contributed by atoms with Gasteiger partial charge in [0.25, 0.3) is 5.91 Å². The summed E-state index contributed by atoms with van der Waals surface area (Å²) in [5, 5.41) is 5.88. The molecule has 1 amide bonds. The van der Waals surface area contributed by atoms with E-state index in [2.05, 4.69) is 9.59 Å². The molecule has 2 aromatic carbocycles. The van der Waals surface area contributed by atoms with E-state index in [1.165, 1.54) is 4.31 Å². The maximum absolute atomic E-state index is 13.0. The molecule has 0 N–H and O–H groups in total. The highest BCUT2D eigenvalue weighted by atomic mass is 32.2. The van der Waals surface area contributed by atoms with Gasteiger partial charge in [0.1, 0.15) is 4.88 Å². The zero-order valence-electron chi connectivity index (χ0n) is 15.4. The van der Waals surface area contributed by atoms with Crippen LogP contribution in [0.15, 0.2) is 47.4 Å². The van der Waals surface area contributed by atoms with Crippen molar-refractivity contribution in [2.45, 2.75) is 18.2 Å². The number of piperazine rings is 1. The lowest BCUT2D eigenvalue weighted by molar-refractivity contribution is 0.0701. The van der Waals surface area contributed by atoms with E-state index >= 15 is 0 Å². The van der Waals surface area contributed by atoms with E-state index in [4.69, 9.17) is 0 Å². The minimum absolute atomic E-state index is 0.116. The number of hydrogen-bond acceptors (Lipinski definition) is 6. The lowest BCUT2D eigenvalue weighted by Gasteiger charge is -2.33. The topological polar surface area (TPSA) is 83.5 Å². The molecule has 0 atom stereocenters. The van der Waals surface area contributed by atoms with Crippen LogP contribution in [0, 0.1) is 0 Å². The Morgan fingerprint density at radius 2 is 1.79 bits per heavy atom. The number of carbonyl (C=O) groups excluding carboxylic acids is 1. The predicted molar refractivity (Wildman–Crippen MR) is 108 cm³/mol. The molecule has 0 radical (unpaired) electrons. The number of aromatic nitrogens is 2. The quantitative estimate of drug-likeness (QED) is 0.652. The molecular weight excluding hydrogens is 396 g/mol. The van der Waals surface area contributed by atoms with E-state index in [9.17, 15) is 13.2 Å². The zero-order valence-corrected chi connectivity index (χ0v) is 17.0. The lowest BCUT2D eigenvalue weighted by atomic mass is 10.1. The average Bonchev–Trinajstić information content (AvgIpc) is 3.22. The molecule has 1 fully saturated rings. The lowest BCUT2D eigenvalue weighted by Crippen LogP contribution is -2.50. The van der Waals surface area contributed by atoms with Gasteiger partial charge in [0.2, 0.25) is 10.0 Å². The van der Waals surface area contributed by atoms with Crippen LogP contribution in [0.25, 0.3) is 10.8 Å². The zero-order chi connectivity index (χ0) is 19.7. The van der Waals surface area contributed by atoms with Crippen LogP contribution in [0.2, 0.25) is 0 Å². The van der Waals surface area contributed by atoms with Gasteiger partial charge in [-0.25, -0.2) is 8.42 Å². The normalized spacial score (nSPS) is 15.8. The summed E-state index contributed by atoms with van der Waals surface area (Å²) < 4.78 is 31.4. The summed E-state index contributed by atoms with van der Waals surface area (Å²) >= 11 is 1.10. The molecule has 9 heteroatoms. The van der Waals surface area contributed by atoms with Crippen LogP contribution < -0.4 is 0 Å². The summed E-state index contributed by atoms with van der Waals surface area (Å²) in [7, 11) is -3.60. The van der Waals surface area contributed by atoms with Crippen molar-refractivity contribution in [2.24, 2.45) is 0 Å². The fraction of sp³-hybridized carbons (Fsp3) is 0.316. The largest absolute Gasteiger partial charge is 0.335 e. The Kier molecular flexibility index (Phi) is 5.13. The van der Waals surface area contributed by atoms with Crippen molar-refractivity contribution in [3.8, 4) is 0 Å². The monoisotopic (exact) mass is 416 g/mol. The van der Waals surface area contributed by atoms with Crippen LogP contribution in [0.3, 0.4) is 0 Å². The Bertz CT molecular complexity index is 1120. The molecular formula is C19H20N4O3S2. The summed E-state index contributed by atoms with van der Waals surface area (Å²) in [6.45, 7) is 3.18. The van der Waals surface area contributed by atoms with Gasteiger partial charge in [-0.15, -0.1) is 5.10 Å². The van der Waals surface area contributed by atoms with Crippen molar-refractivity contribution in [3.63, 3.8) is 0 Å². The van der Waals surface area contributed by atoms with Crippen molar-refractivity contribution >= 4 is 38.2 Å². The van der Waals surface area contributed by atoms with Crippen molar-refractivity contribution in [2.75, 3.05) is 26.2 Å². The molecule has 1 aliphatic rings. The number of carbonyl (C=O) groups is 1. The van der Waals surface area contributed by atoms with Crippen LogP contribution in [0.5, 0.6) is 0 Å². The van der Waals surface area contributed by atoms with Crippen LogP contribution in [0.4, 0.5) is 0 Å². The highest BCUT2D eigenvalue weighted by Gasteiger charge is 2.31. The molecule has 146 valence electrons. The van der Waals surface area contributed by atoms with Gasteiger partial charge in [-0.1, -0.05) is 41.7 Å². The summed E-state index contributed by atoms with van der Waals surface area (Å²) in [5.41, 5.74) is 0.696. The standard InChI is InChI=1S/C19H20N4O3S2/c1-2-17-18(27-21-20-17)19(24)22-9-11-23(12-10-22)28(25,26)16-8-7-14-5-3-4-6-15(14)13-16/h3-8,13H,2,9-12H2,1H3. The summed E-state index contributed by atoms with van der Waals surface area (Å²) in [6, 6.07) is 12.8. The van der Waals surface area contributed by atoms with E-state index in [0.29, 0.717) is 30.1 Å². The van der Waals surface area contributed by atoms with Crippen LogP contribution in [0.1, 0.15) is 22.3 Å². The van der Waals surface area contributed by atoms with Crippen molar-refractivity contribution < 1.29 is 13.2 Å².